The lowest BCUT2D eigenvalue weighted by Crippen LogP contribution is -2.24. The smallest absolute Gasteiger partial charge is 0.416 e. The summed E-state index contributed by atoms with van der Waals surface area (Å²) < 4.78 is 46.9. The highest BCUT2D eigenvalue weighted by Crippen LogP contribution is 2.31. The minimum Gasteiger partial charge on any atom is -0.456 e. The monoisotopic (exact) mass is 452 g/mol. The summed E-state index contributed by atoms with van der Waals surface area (Å²) in [5, 5.41) is 1.61. The first-order valence-corrected chi connectivity index (χ1v) is 10.1. The molecular weight excluding hydrogens is 433 g/mol. The number of hydrogen-bond acceptors (Lipinski definition) is 5. The summed E-state index contributed by atoms with van der Waals surface area (Å²) in [4.78, 5) is 36.0. The molecular formula is C21H19F3N2O4S. The van der Waals surface area contributed by atoms with Gasteiger partial charge in [0.2, 0.25) is 5.78 Å². The number of esters is 1. The molecule has 0 aliphatic rings. The molecule has 0 unspecified atom stereocenters. The van der Waals surface area contributed by atoms with Gasteiger partial charge in [-0.05, 0) is 45.0 Å². The highest BCUT2D eigenvalue weighted by atomic mass is 32.1. The van der Waals surface area contributed by atoms with Gasteiger partial charge in [-0.2, -0.15) is 13.2 Å². The van der Waals surface area contributed by atoms with Crippen LogP contribution in [-0.2, 0) is 22.3 Å². The Morgan fingerprint density at radius 1 is 1.10 bits per heavy atom. The van der Waals surface area contributed by atoms with E-state index < -0.39 is 30.1 Å². The maximum Gasteiger partial charge on any atom is 0.416 e. The highest BCUT2D eigenvalue weighted by molar-refractivity contribution is 7.07. The average molecular weight is 452 g/mol. The Morgan fingerprint density at radius 2 is 1.81 bits per heavy atom. The van der Waals surface area contributed by atoms with E-state index in [9.17, 15) is 27.6 Å². The zero-order chi connectivity index (χ0) is 22.9. The van der Waals surface area contributed by atoms with E-state index in [2.05, 4.69) is 0 Å². The van der Waals surface area contributed by atoms with E-state index >= 15 is 0 Å². The number of rotatable bonds is 6. The number of nitrogens with zero attached hydrogens (tertiary/aromatic N) is 2. The van der Waals surface area contributed by atoms with Gasteiger partial charge in [-0.25, -0.2) is 0 Å². The maximum atomic E-state index is 13.0. The molecule has 0 amide bonds. The summed E-state index contributed by atoms with van der Waals surface area (Å²) in [6, 6.07) is 6.34. The molecule has 0 spiro atoms. The summed E-state index contributed by atoms with van der Waals surface area (Å²) in [5.41, 5.74) is 1.33. The summed E-state index contributed by atoms with van der Waals surface area (Å²) in [5.74, 6) is -1.22. The fourth-order valence-corrected chi connectivity index (χ4v) is 3.99. The molecule has 0 radical (unpaired) electrons. The molecule has 10 heteroatoms. The van der Waals surface area contributed by atoms with Crippen LogP contribution in [0.25, 0.3) is 5.69 Å². The lowest BCUT2D eigenvalue weighted by molar-refractivity contribution is -0.143. The van der Waals surface area contributed by atoms with Crippen LogP contribution >= 0.6 is 11.3 Å². The molecule has 0 fully saturated rings. The molecule has 3 aromatic rings. The number of carbonyl (C=O) groups is 2. The Balaban J connectivity index is 1.76. The van der Waals surface area contributed by atoms with Gasteiger partial charge in [0.05, 0.1) is 5.56 Å². The normalized spacial score (nSPS) is 11.5. The molecule has 2 aromatic heterocycles. The van der Waals surface area contributed by atoms with Gasteiger partial charge in [0, 0.05) is 33.7 Å². The molecule has 0 aliphatic carbocycles. The van der Waals surface area contributed by atoms with E-state index in [0.29, 0.717) is 17.1 Å². The van der Waals surface area contributed by atoms with Crippen LogP contribution in [0.3, 0.4) is 0 Å². The van der Waals surface area contributed by atoms with Crippen LogP contribution in [0.4, 0.5) is 13.2 Å². The molecule has 3 rings (SSSR count). The van der Waals surface area contributed by atoms with Crippen LogP contribution in [0, 0.1) is 20.8 Å². The quantitative estimate of drug-likeness (QED) is 0.418. The Hall–Kier alpha value is -3.14. The number of aromatic nitrogens is 2. The lowest BCUT2D eigenvalue weighted by Gasteiger charge is -2.13. The zero-order valence-corrected chi connectivity index (χ0v) is 17.8. The third-order valence-electron chi connectivity index (χ3n) is 4.79. The fraction of sp³-hybridized carbons (Fsp3) is 0.286. The highest BCUT2D eigenvalue weighted by Gasteiger charge is 2.31. The van der Waals surface area contributed by atoms with Crippen molar-refractivity contribution < 1.29 is 27.5 Å². The van der Waals surface area contributed by atoms with Gasteiger partial charge in [0.1, 0.15) is 6.54 Å². The number of ketones is 1. The van der Waals surface area contributed by atoms with Crippen molar-refractivity contribution in [2.75, 3.05) is 6.61 Å². The second-order valence-electron chi connectivity index (χ2n) is 6.98. The Kier molecular flexibility index (Phi) is 6.21. The first-order valence-electron chi connectivity index (χ1n) is 9.19. The van der Waals surface area contributed by atoms with Crippen molar-refractivity contribution >= 4 is 23.1 Å². The Bertz CT molecular complexity index is 1200. The van der Waals surface area contributed by atoms with Gasteiger partial charge in [0.15, 0.2) is 6.61 Å². The number of alkyl halides is 3. The number of carbonyl (C=O) groups excluding carboxylic acids is 2. The van der Waals surface area contributed by atoms with Crippen LogP contribution in [0.5, 0.6) is 0 Å². The molecule has 0 atom stereocenters. The van der Waals surface area contributed by atoms with Crippen LogP contribution < -0.4 is 4.87 Å². The molecule has 0 aliphatic heterocycles. The summed E-state index contributed by atoms with van der Waals surface area (Å²) >= 11 is 0.960. The fourth-order valence-electron chi connectivity index (χ4n) is 3.26. The second-order valence-corrected chi connectivity index (χ2v) is 7.80. The molecule has 0 saturated carbocycles. The number of thiazole rings is 1. The SMILES string of the molecule is Cc1cc(C(=O)COC(=O)Cn2c(C)csc2=O)c(C)n1-c1cccc(C(F)(F)F)c1. The van der Waals surface area contributed by atoms with Crippen LogP contribution in [0.15, 0.2) is 40.5 Å². The van der Waals surface area contributed by atoms with Crippen molar-refractivity contribution in [1.82, 2.24) is 9.13 Å². The summed E-state index contributed by atoms with van der Waals surface area (Å²) in [6.45, 7) is 4.12. The van der Waals surface area contributed by atoms with E-state index in [1.165, 1.54) is 16.7 Å². The van der Waals surface area contributed by atoms with Gasteiger partial charge in [-0.15, -0.1) is 0 Å². The van der Waals surface area contributed by atoms with Gasteiger partial charge in [-0.3, -0.25) is 19.0 Å². The first kappa shape index (κ1) is 22.5. The van der Waals surface area contributed by atoms with Crippen LogP contribution in [0.1, 0.15) is 33.0 Å². The van der Waals surface area contributed by atoms with Crippen molar-refractivity contribution in [3.8, 4) is 5.69 Å². The van der Waals surface area contributed by atoms with Crippen molar-refractivity contribution in [2.45, 2.75) is 33.5 Å². The van der Waals surface area contributed by atoms with Gasteiger partial charge in [0.25, 0.3) is 0 Å². The van der Waals surface area contributed by atoms with E-state index in [4.69, 9.17) is 4.74 Å². The van der Waals surface area contributed by atoms with Gasteiger partial charge < -0.3 is 9.30 Å². The predicted octanol–water partition coefficient (Wildman–Crippen LogP) is 4.07. The van der Waals surface area contributed by atoms with Crippen LogP contribution in [-0.4, -0.2) is 27.5 Å². The molecule has 31 heavy (non-hydrogen) atoms. The maximum absolute atomic E-state index is 13.0. The van der Waals surface area contributed by atoms with Gasteiger partial charge in [-0.1, -0.05) is 17.4 Å². The van der Waals surface area contributed by atoms with E-state index in [0.717, 1.165) is 23.5 Å². The molecule has 1 aromatic carbocycles. The second kappa shape index (κ2) is 8.54. The molecule has 2 heterocycles. The van der Waals surface area contributed by atoms with E-state index in [-0.39, 0.29) is 22.7 Å². The van der Waals surface area contributed by atoms with Crippen molar-refractivity contribution in [1.29, 1.82) is 0 Å². The number of ether oxygens (including phenoxy) is 1. The third kappa shape index (κ3) is 4.79. The van der Waals surface area contributed by atoms with E-state index in [1.807, 2.05) is 0 Å². The molecule has 0 N–H and O–H groups in total. The van der Waals surface area contributed by atoms with Crippen molar-refractivity contribution in [3.63, 3.8) is 0 Å². The third-order valence-corrected chi connectivity index (χ3v) is 5.67. The number of Topliss-reactive ketones (excluding diaryl/α,β-unsaturated/α-hetero) is 1. The predicted molar refractivity (Wildman–Crippen MR) is 109 cm³/mol. The zero-order valence-electron chi connectivity index (χ0n) is 16.9. The van der Waals surface area contributed by atoms with E-state index in [1.54, 1.807) is 36.8 Å². The van der Waals surface area contributed by atoms with Crippen molar-refractivity contribution in [2.24, 2.45) is 0 Å². The molecule has 6 nitrogen and oxygen atoms in total. The number of halogens is 3. The number of hydrogen-bond donors (Lipinski definition) is 0. The van der Waals surface area contributed by atoms with Gasteiger partial charge >= 0.3 is 17.0 Å². The van der Waals surface area contributed by atoms with Crippen LogP contribution in [0.2, 0.25) is 0 Å². The Morgan fingerprint density at radius 3 is 2.42 bits per heavy atom. The standard InChI is InChI=1S/C21H19F3N2O4S/c1-12-7-17(14(3)26(12)16-6-4-5-15(8-16)21(22,23)24)18(27)10-30-19(28)9-25-13(2)11-31-20(25)29/h4-8,11H,9-10H2,1-3H3. The summed E-state index contributed by atoms with van der Waals surface area (Å²) in [6.07, 6.45) is -4.49. The topological polar surface area (TPSA) is 70.3 Å². The molecule has 164 valence electrons. The first-order chi connectivity index (χ1) is 14.5. The summed E-state index contributed by atoms with van der Waals surface area (Å²) in [7, 11) is 0. The molecule has 0 saturated heterocycles. The largest absolute Gasteiger partial charge is 0.456 e. The van der Waals surface area contributed by atoms with Crippen molar-refractivity contribution in [3.05, 3.63) is 73.6 Å². The lowest BCUT2D eigenvalue weighted by atomic mass is 10.1. The Labute approximate surface area is 179 Å². The average Bonchev–Trinajstić information content (AvgIpc) is 3.18. The number of aryl methyl sites for hydroxylation is 2. The molecule has 0 bridgehead atoms. The number of benzene rings is 1. The minimum atomic E-state index is -4.49. The minimum absolute atomic E-state index is 0.242.